The summed E-state index contributed by atoms with van der Waals surface area (Å²) in [6.07, 6.45) is 15.8. The summed E-state index contributed by atoms with van der Waals surface area (Å²) in [5.41, 5.74) is 1.37. The number of hydrogen-bond acceptors (Lipinski definition) is 2. The molecular weight excluding hydrogens is 308 g/mol. The zero-order valence-corrected chi connectivity index (χ0v) is 16.9. The molecule has 0 aliphatic carbocycles. The summed E-state index contributed by atoms with van der Waals surface area (Å²) in [7, 11) is 1.78. The third-order valence-electron chi connectivity index (χ3n) is 4.94. The second-order valence-corrected chi connectivity index (χ2v) is 7.22. The molecule has 0 saturated carbocycles. The van der Waals surface area contributed by atoms with Crippen LogP contribution in [0.2, 0.25) is 0 Å². The predicted octanol–water partition coefficient (Wildman–Crippen LogP) is 6.95. The molecule has 0 heterocycles. The van der Waals surface area contributed by atoms with Gasteiger partial charge >= 0.3 is 0 Å². The molecule has 0 fully saturated rings. The van der Waals surface area contributed by atoms with Crippen molar-refractivity contribution in [1.29, 1.82) is 0 Å². The van der Waals surface area contributed by atoms with Crippen molar-refractivity contribution in [3.8, 4) is 5.75 Å². The monoisotopic (exact) mass is 348 g/mol. The summed E-state index contributed by atoms with van der Waals surface area (Å²) in [6, 6.07) is 8.56. The smallest absolute Gasteiger partial charge is 0.122 e. The van der Waals surface area contributed by atoms with Gasteiger partial charge in [0, 0.05) is 7.11 Å². The van der Waals surface area contributed by atoms with Gasteiger partial charge in [-0.3, -0.25) is 0 Å². The Hall–Kier alpha value is -1.02. The lowest BCUT2D eigenvalue weighted by atomic mass is 10.0. The Balaban J connectivity index is 2.16. The van der Waals surface area contributed by atoms with E-state index >= 15 is 0 Å². The molecule has 2 heteroatoms. The van der Waals surface area contributed by atoms with Gasteiger partial charge in [-0.1, -0.05) is 70.1 Å². The van der Waals surface area contributed by atoms with Crippen molar-refractivity contribution in [2.75, 3.05) is 13.7 Å². The highest BCUT2D eigenvalue weighted by Crippen LogP contribution is 2.21. The molecule has 0 radical (unpaired) electrons. The maximum absolute atomic E-state index is 6.03. The number of hydrogen-bond donors (Lipinski definition) is 0. The lowest BCUT2D eigenvalue weighted by Crippen LogP contribution is -2.06. The molecule has 0 amide bonds. The van der Waals surface area contributed by atoms with Crippen LogP contribution in [-0.4, -0.2) is 19.8 Å². The number of benzene rings is 1. The van der Waals surface area contributed by atoms with Crippen LogP contribution >= 0.6 is 0 Å². The van der Waals surface area contributed by atoms with Crippen molar-refractivity contribution >= 4 is 0 Å². The molecule has 1 unspecified atom stereocenters. The van der Waals surface area contributed by atoms with E-state index in [2.05, 4.69) is 38.1 Å². The van der Waals surface area contributed by atoms with Crippen molar-refractivity contribution in [2.24, 2.45) is 0 Å². The van der Waals surface area contributed by atoms with Gasteiger partial charge < -0.3 is 9.47 Å². The van der Waals surface area contributed by atoms with E-state index in [1.54, 1.807) is 7.11 Å². The summed E-state index contributed by atoms with van der Waals surface area (Å²) in [4.78, 5) is 0. The van der Waals surface area contributed by atoms with E-state index in [4.69, 9.17) is 9.47 Å². The van der Waals surface area contributed by atoms with E-state index in [0.717, 1.165) is 38.0 Å². The number of aryl methyl sites for hydroxylation is 1. The number of ether oxygens (including phenoxy) is 2. The van der Waals surface area contributed by atoms with Gasteiger partial charge in [-0.05, 0) is 50.7 Å². The summed E-state index contributed by atoms with van der Waals surface area (Å²) in [6.45, 7) is 5.21. The van der Waals surface area contributed by atoms with Crippen LogP contribution in [0.5, 0.6) is 5.75 Å². The quantitative estimate of drug-likeness (QED) is 0.301. The molecule has 0 aliphatic rings. The Labute approximate surface area is 156 Å². The highest BCUT2D eigenvalue weighted by atomic mass is 16.5. The topological polar surface area (TPSA) is 18.5 Å². The third kappa shape index (κ3) is 11.3. The van der Waals surface area contributed by atoms with Crippen molar-refractivity contribution in [1.82, 2.24) is 0 Å². The van der Waals surface area contributed by atoms with Gasteiger partial charge in [0.2, 0.25) is 0 Å². The maximum atomic E-state index is 6.03. The number of methoxy groups -OCH3 is 1. The Morgan fingerprint density at radius 2 is 1.52 bits per heavy atom. The lowest BCUT2D eigenvalue weighted by Gasteiger charge is -2.12. The van der Waals surface area contributed by atoms with Gasteiger partial charge in [-0.25, -0.2) is 0 Å². The number of unbranched alkanes of at least 4 members (excludes halogenated alkanes) is 8. The van der Waals surface area contributed by atoms with Crippen molar-refractivity contribution < 1.29 is 9.47 Å². The number of para-hydroxylation sites is 1. The van der Waals surface area contributed by atoms with Gasteiger partial charge in [0.15, 0.2) is 0 Å². The van der Waals surface area contributed by atoms with Crippen LogP contribution in [-0.2, 0) is 11.2 Å². The fraction of sp³-hybridized carbons (Fsp3) is 0.739. The van der Waals surface area contributed by atoms with Crippen LogP contribution in [0.4, 0.5) is 0 Å². The zero-order chi connectivity index (χ0) is 18.2. The van der Waals surface area contributed by atoms with Crippen LogP contribution in [0.3, 0.4) is 0 Å². The Morgan fingerprint density at radius 1 is 0.840 bits per heavy atom. The molecule has 0 aromatic heterocycles. The molecule has 2 nitrogen and oxygen atoms in total. The van der Waals surface area contributed by atoms with Crippen molar-refractivity contribution in [3.05, 3.63) is 29.8 Å². The molecule has 0 bridgehead atoms. The summed E-state index contributed by atoms with van der Waals surface area (Å²) >= 11 is 0. The van der Waals surface area contributed by atoms with Crippen LogP contribution in [0.1, 0.15) is 90.0 Å². The normalized spacial score (nSPS) is 12.3. The fourth-order valence-corrected chi connectivity index (χ4v) is 3.13. The second kappa shape index (κ2) is 15.3. The fourth-order valence-electron chi connectivity index (χ4n) is 3.13. The van der Waals surface area contributed by atoms with E-state index in [-0.39, 0.29) is 0 Å². The summed E-state index contributed by atoms with van der Waals surface area (Å²) in [5, 5.41) is 0. The van der Waals surface area contributed by atoms with Crippen LogP contribution in [0, 0.1) is 0 Å². The minimum Gasteiger partial charge on any atom is -0.493 e. The highest BCUT2D eigenvalue weighted by Gasteiger charge is 2.04. The van der Waals surface area contributed by atoms with Gasteiger partial charge in [-0.2, -0.15) is 0 Å². The predicted molar refractivity (Wildman–Crippen MR) is 109 cm³/mol. The molecule has 25 heavy (non-hydrogen) atoms. The Bertz CT molecular complexity index is 416. The first-order valence-corrected chi connectivity index (χ1v) is 10.5. The average molecular weight is 349 g/mol. The molecule has 0 N–H and O–H groups in total. The van der Waals surface area contributed by atoms with E-state index < -0.39 is 0 Å². The first-order chi connectivity index (χ1) is 12.3. The summed E-state index contributed by atoms with van der Waals surface area (Å²) < 4.78 is 11.3. The minimum absolute atomic E-state index is 0.356. The van der Waals surface area contributed by atoms with Gasteiger partial charge in [0.25, 0.3) is 0 Å². The molecule has 0 spiro atoms. The van der Waals surface area contributed by atoms with E-state index in [0.29, 0.717) is 6.10 Å². The Kier molecular flexibility index (Phi) is 13.4. The average Bonchev–Trinajstić information content (AvgIpc) is 2.64. The van der Waals surface area contributed by atoms with Crippen molar-refractivity contribution in [3.63, 3.8) is 0 Å². The zero-order valence-electron chi connectivity index (χ0n) is 16.9. The number of rotatable bonds is 16. The van der Waals surface area contributed by atoms with Gasteiger partial charge in [-0.15, -0.1) is 0 Å². The lowest BCUT2D eigenvalue weighted by molar-refractivity contribution is 0.107. The molecule has 0 aliphatic heterocycles. The Morgan fingerprint density at radius 3 is 2.24 bits per heavy atom. The molecule has 1 aromatic rings. The van der Waals surface area contributed by atoms with Gasteiger partial charge in [0.05, 0.1) is 12.7 Å². The highest BCUT2D eigenvalue weighted by molar-refractivity contribution is 5.33. The van der Waals surface area contributed by atoms with Crippen molar-refractivity contribution in [2.45, 2.75) is 97.0 Å². The first-order valence-electron chi connectivity index (χ1n) is 10.5. The molecule has 144 valence electrons. The maximum Gasteiger partial charge on any atom is 0.122 e. The SMILES string of the molecule is CCCCCCCCCCc1ccccc1OCCCCC(C)OC. The van der Waals surface area contributed by atoms with E-state index in [1.807, 2.05) is 0 Å². The first kappa shape index (κ1) is 22.0. The molecular formula is C23H40O2. The van der Waals surface area contributed by atoms with Gasteiger partial charge in [0.1, 0.15) is 5.75 Å². The molecule has 1 atom stereocenters. The van der Waals surface area contributed by atoms with Crippen LogP contribution < -0.4 is 4.74 Å². The third-order valence-corrected chi connectivity index (χ3v) is 4.94. The van der Waals surface area contributed by atoms with E-state index in [1.165, 1.54) is 56.9 Å². The molecule has 0 saturated heterocycles. The summed E-state index contributed by atoms with van der Waals surface area (Å²) in [5.74, 6) is 1.09. The van der Waals surface area contributed by atoms with E-state index in [9.17, 15) is 0 Å². The standard InChI is InChI=1S/C23H40O2/c1-4-5-6-7-8-9-10-11-17-22-18-12-13-19-23(22)25-20-15-14-16-21(2)24-3/h12-13,18-19,21H,4-11,14-17,20H2,1-3H3. The second-order valence-electron chi connectivity index (χ2n) is 7.22. The van der Waals surface area contributed by atoms with Crippen LogP contribution in [0.15, 0.2) is 24.3 Å². The minimum atomic E-state index is 0.356. The molecule has 1 rings (SSSR count). The molecule has 1 aromatic carbocycles. The largest absolute Gasteiger partial charge is 0.493 e. The van der Waals surface area contributed by atoms with Crippen LogP contribution in [0.25, 0.3) is 0 Å².